The Bertz CT molecular complexity index is 444. The van der Waals surface area contributed by atoms with Crippen LogP contribution in [0.2, 0.25) is 0 Å². The Morgan fingerprint density at radius 1 is 1.65 bits per heavy atom. The summed E-state index contributed by atoms with van der Waals surface area (Å²) in [4.78, 5) is 19.1. The zero-order valence-electron chi connectivity index (χ0n) is 9.66. The van der Waals surface area contributed by atoms with Gasteiger partial charge in [0.05, 0.1) is 12.3 Å². The lowest BCUT2D eigenvalue weighted by Crippen LogP contribution is -2.23. The predicted molar refractivity (Wildman–Crippen MR) is 72.6 cm³/mol. The van der Waals surface area contributed by atoms with Crippen molar-refractivity contribution in [1.29, 1.82) is 0 Å². The van der Waals surface area contributed by atoms with Gasteiger partial charge in [-0.15, -0.1) is 0 Å². The van der Waals surface area contributed by atoms with Crippen LogP contribution in [0.15, 0.2) is 9.27 Å². The molecule has 1 aromatic rings. The Kier molecular flexibility index (Phi) is 4.64. The van der Waals surface area contributed by atoms with Crippen LogP contribution in [0, 0.1) is 0 Å². The molecule has 1 fully saturated rings. The molecule has 2 heterocycles. The normalized spacial score (nSPS) is 20.5. The number of hydrogen-bond donors (Lipinski definition) is 1. The van der Waals surface area contributed by atoms with Crippen LogP contribution in [0.5, 0.6) is 0 Å². The van der Waals surface area contributed by atoms with Crippen LogP contribution in [0.1, 0.15) is 31.0 Å². The van der Waals surface area contributed by atoms with Gasteiger partial charge in [-0.25, -0.2) is 4.98 Å². The van der Waals surface area contributed by atoms with Crippen molar-refractivity contribution in [3.8, 4) is 0 Å². The lowest BCUT2D eigenvalue weighted by Gasteiger charge is -2.21. The van der Waals surface area contributed by atoms with E-state index in [1.165, 1.54) is 0 Å². The van der Waals surface area contributed by atoms with Crippen molar-refractivity contribution in [1.82, 2.24) is 9.97 Å². The summed E-state index contributed by atoms with van der Waals surface area (Å²) in [5, 5.41) is 0. The molecule has 2 rings (SSSR count). The SMILES string of the molecule is CCCc1nc(C2CSCCO2)[nH]c(=O)c1Br. The lowest BCUT2D eigenvalue weighted by molar-refractivity contribution is 0.0690. The summed E-state index contributed by atoms with van der Waals surface area (Å²) < 4.78 is 6.17. The van der Waals surface area contributed by atoms with Crippen molar-refractivity contribution in [3.63, 3.8) is 0 Å². The van der Waals surface area contributed by atoms with E-state index in [-0.39, 0.29) is 11.7 Å². The molecule has 1 atom stereocenters. The van der Waals surface area contributed by atoms with E-state index in [1.807, 2.05) is 11.8 Å². The van der Waals surface area contributed by atoms with E-state index in [2.05, 4.69) is 32.8 Å². The standard InChI is InChI=1S/C11H15BrN2O2S/c1-2-3-7-9(12)11(15)14-10(13-7)8-6-17-5-4-16-8/h8H,2-6H2,1H3,(H,13,14,15). The molecule has 0 radical (unpaired) electrons. The molecule has 0 saturated carbocycles. The number of thioether (sulfide) groups is 1. The molecule has 1 aromatic heterocycles. The van der Waals surface area contributed by atoms with Gasteiger partial charge in [0.25, 0.3) is 5.56 Å². The monoisotopic (exact) mass is 318 g/mol. The van der Waals surface area contributed by atoms with Crippen molar-refractivity contribution < 1.29 is 4.74 Å². The molecule has 1 unspecified atom stereocenters. The number of halogens is 1. The number of rotatable bonds is 3. The van der Waals surface area contributed by atoms with E-state index in [1.54, 1.807) is 0 Å². The molecule has 94 valence electrons. The molecule has 1 aliphatic heterocycles. The minimum absolute atomic E-state index is 0.0786. The Balaban J connectivity index is 2.30. The van der Waals surface area contributed by atoms with E-state index in [9.17, 15) is 4.79 Å². The van der Waals surface area contributed by atoms with Crippen LogP contribution in [0.25, 0.3) is 0 Å². The highest BCUT2D eigenvalue weighted by Crippen LogP contribution is 2.24. The van der Waals surface area contributed by atoms with Gasteiger partial charge >= 0.3 is 0 Å². The van der Waals surface area contributed by atoms with Crippen LogP contribution in [0.3, 0.4) is 0 Å². The van der Waals surface area contributed by atoms with Crippen LogP contribution < -0.4 is 5.56 Å². The largest absolute Gasteiger partial charge is 0.369 e. The minimum Gasteiger partial charge on any atom is -0.369 e. The van der Waals surface area contributed by atoms with Gasteiger partial charge < -0.3 is 9.72 Å². The quantitative estimate of drug-likeness (QED) is 0.929. The molecule has 1 aliphatic rings. The lowest BCUT2D eigenvalue weighted by atomic mass is 10.2. The first-order valence-electron chi connectivity index (χ1n) is 5.70. The topological polar surface area (TPSA) is 55.0 Å². The van der Waals surface area contributed by atoms with Crippen molar-refractivity contribution >= 4 is 27.7 Å². The molecule has 0 aliphatic carbocycles. The summed E-state index contributed by atoms with van der Waals surface area (Å²) in [5.74, 6) is 2.53. The summed E-state index contributed by atoms with van der Waals surface area (Å²) in [7, 11) is 0. The van der Waals surface area contributed by atoms with Crippen molar-refractivity contribution in [2.24, 2.45) is 0 Å². The van der Waals surface area contributed by atoms with Crippen LogP contribution in [-0.4, -0.2) is 28.1 Å². The fourth-order valence-electron chi connectivity index (χ4n) is 1.73. The molecule has 4 nitrogen and oxygen atoms in total. The van der Waals surface area contributed by atoms with Gasteiger partial charge in [-0.2, -0.15) is 11.8 Å². The van der Waals surface area contributed by atoms with Gasteiger partial charge in [-0.05, 0) is 22.4 Å². The second kappa shape index (κ2) is 6.02. The number of ether oxygens (including phenoxy) is 1. The van der Waals surface area contributed by atoms with E-state index in [0.29, 0.717) is 10.3 Å². The zero-order chi connectivity index (χ0) is 12.3. The third kappa shape index (κ3) is 3.11. The minimum atomic E-state index is -0.113. The first-order valence-corrected chi connectivity index (χ1v) is 7.65. The summed E-state index contributed by atoms with van der Waals surface area (Å²) >= 11 is 5.12. The van der Waals surface area contributed by atoms with Crippen molar-refractivity contribution in [2.45, 2.75) is 25.9 Å². The molecule has 0 amide bonds. The highest BCUT2D eigenvalue weighted by atomic mass is 79.9. The fourth-order valence-corrected chi connectivity index (χ4v) is 2.96. The fraction of sp³-hybridized carbons (Fsp3) is 0.636. The number of hydrogen-bond acceptors (Lipinski definition) is 4. The van der Waals surface area contributed by atoms with Gasteiger partial charge in [-0.3, -0.25) is 4.79 Å². The summed E-state index contributed by atoms with van der Waals surface area (Å²) in [5.41, 5.74) is 0.711. The highest BCUT2D eigenvalue weighted by molar-refractivity contribution is 9.10. The first-order chi connectivity index (χ1) is 8.22. The summed E-state index contributed by atoms with van der Waals surface area (Å²) in [6.45, 7) is 2.79. The predicted octanol–water partition coefficient (Wildman–Crippen LogP) is 2.29. The van der Waals surface area contributed by atoms with E-state index < -0.39 is 0 Å². The molecule has 6 heteroatoms. The average Bonchev–Trinajstić information content (AvgIpc) is 2.36. The number of H-pyrrole nitrogens is 1. The number of nitrogens with zero attached hydrogens (tertiary/aromatic N) is 1. The Labute approximate surface area is 113 Å². The maximum atomic E-state index is 11.8. The molecule has 0 aromatic carbocycles. The van der Waals surface area contributed by atoms with E-state index in [0.717, 1.165) is 36.6 Å². The van der Waals surface area contributed by atoms with Crippen LogP contribution >= 0.6 is 27.7 Å². The summed E-state index contributed by atoms with van der Waals surface area (Å²) in [6, 6.07) is 0. The zero-order valence-corrected chi connectivity index (χ0v) is 12.1. The van der Waals surface area contributed by atoms with Gasteiger partial charge in [0, 0.05) is 11.5 Å². The van der Waals surface area contributed by atoms with Gasteiger partial charge in [-0.1, -0.05) is 13.3 Å². The first kappa shape index (κ1) is 13.1. The van der Waals surface area contributed by atoms with E-state index in [4.69, 9.17) is 4.74 Å². The van der Waals surface area contributed by atoms with Crippen molar-refractivity contribution in [2.75, 3.05) is 18.1 Å². The second-order valence-electron chi connectivity index (χ2n) is 3.90. The van der Waals surface area contributed by atoms with Gasteiger partial charge in [0.2, 0.25) is 0 Å². The molecule has 1 saturated heterocycles. The number of nitrogens with one attached hydrogen (secondary N) is 1. The molecule has 0 spiro atoms. The number of aromatic nitrogens is 2. The molecular weight excluding hydrogens is 304 g/mol. The third-order valence-corrected chi connectivity index (χ3v) is 4.37. The van der Waals surface area contributed by atoms with Crippen LogP contribution in [-0.2, 0) is 11.2 Å². The molecule has 0 bridgehead atoms. The summed E-state index contributed by atoms with van der Waals surface area (Å²) in [6.07, 6.45) is 1.69. The third-order valence-electron chi connectivity index (χ3n) is 2.56. The van der Waals surface area contributed by atoms with E-state index >= 15 is 0 Å². The van der Waals surface area contributed by atoms with Gasteiger partial charge in [0.15, 0.2) is 0 Å². The Hall–Kier alpha value is -0.330. The molecule has 1 N–H and O–H groups in total. The average molecular weight is 319 g/mol. The number of aromatic amines is 1. The number of aryl methyl sites for hydroxylation is 1. The van der Waals surface area contributed by atoms with Gasteiger partial charge in [0.1, 0.15) is 16.4 Å². The van der Waals surface area contributed by atoms with Crippen LogP contribution in [0.4, 0.5) is 0 Å². The maximum absolute atomic E-state index is 11.8. The molecular formula is C11H15BrN2O2S. The second-order valence-corrected chi connectivity index (χ2v) is 5.84. The Morgan fingerprint density at radius 2 is 2.47 bits per heavy atom. The smallest absolute Gasteiger partial charge is 0.265 e. The van der Waals surface area contributed by atoms with Crippen molar-refractivity contribution in [3.05, 3.63) is 26.3 Å². The highest BCUT2D eigenvalue weighted by Gasteiger charge is 2.20. The molecule has 17 heavy (non-hydrogen) atoms. The maximum Gasteiger partial charge on any atom is 0.265 e. The Morgan fingerprint density at radius 3 is 3.12 bits per heavy atom.